The topological polar surface area (TPSA) is 47.4 Å². The summed E-state index contributed by atoms with van der Waals surface area (Å²) in [5, 5.41) is 5.26. The molecule has 0 fully saturated rings. The van der Waals surface area contributed by atoms with Crippen molar-refractivity contribution >= 4 is 29.1 Å². The van der Waals surface area contributed by atoms with Crippen LogP contribution >= 0.6 is 23.2 Å². The Balaban J connectivity index is 1.61. The van der Waals surface area contributed by atoms with Crippen molar-refractivity contribution in [3.8, 4) is 5.75 Å². The van der Waals surface area contributed by atoms with E-state index < -0.39 is 0 Å². The van der Waals surface area contributed by atoms with Gasteiger partial charge in [0.05, 0.1) is 23.5 Å². The molecule has 3 rings (SSSR count). The number of rotatable bonds is 6. The van der Waals surface area contributed by atoms with E-state index in [1.165, 1.54) is 0 Å². The van der Waals surface area contributed by atoms with E-state index >= 15 is 0 Å². The van der Waals surface area contributed by atoms with Crippen LogP contribution in [0.1, 0.15) is 21.6 Å². The fourth-order valence-corrected chi connectivity index (χ4v) is 3.00. The maximum absolute atomic E-state index is 12.6. The molecule has 140 valence electrons. The van der Waals surface area contributed by atoms with Crippen molar-refractivity contribution in [1.29, 1.82) is 0 Å². The van der Waals surface area contributed by atoms with Crippen molar-refractivity contribution in [2.75, 3.05) is 7.05 Å². The Morgan fingerprint density at radius 1 is 1.19 bits per heavy atom. The fraction of sp³-hybridized carbons (Fsp3) is 0.200. The Morgan fingerprint density at radius 3 is 2.56 bits per heavy atom. The zero-order chi connectivity index (χ0) is 19.4. The molecule has 0 saturated carbocycles. The van der Waals surface area contributed by atoms with E-state index in [0.717, 1.165) is 11.3 Å². The Kier molecular flexibility index (Phi) is 6.04. The molecule has 1 amide bonds. The first kappa shape index (κ1) is 19.3. The highest BCUT2D eigenvalue weighted by Crippen LogP contribution is 2.19. The number of aromatic nitrogens is 2. The van der Waals surface area contributed by atoms with Crippen LogP contribution in [0.2, 0.25) is 10.0 Å². The van der Waals surface area contributed by atoms with Crippen molar-refractivity contribution < 1.29 is 9.53 Å². The third kappa shape index (κ3) is 4.81. The number of amides is 1. The summed E-state index contributed by atoms with van der Waals surface area (Å²) in [6, 6.07) is 14.6. The Bertz CT molecular complexity index is 919. The first-order valence-electron chi connectivity index (χ1n) is 8.33. The average molecular weight is 404 g/mol. The number of halogens is 2. The van der Waals surface area contributed by atoms with E-state index in [1.54, 1.807) is 54.1 Å². The second-order valence-corrected chi connectivity index (χ2v) is 7.01. The molecule has 7 heteroatoms. The molecule has 1 aromatic heterocycles. The quantitative estimate of drug-likeness (QED) is 0.604. The SMILES string of the molecule is CN(Cc1c(Cl)cnn1C)C(=O)c1ccc(COc2cccc(Cl)c2)cc1. The van der Waals surface area contributed by atoms with Gasteiger partial charge in [-0.25, -0.2) is 0 Å². The van der Waals surface area contributed by atoms with Gasteiger partial charge < -0.3 is 9.64 Å². The summed E-state index contributed by atoms with van der Waals surface area (Å²) in [7, 11) is 3.54. The predicted octanol–water partition coefficient (Wildman–Crippen LogP) is 4.58. The Hall–Kier alpha value is -2.50. The lowest BCUT2D eigenvalue weighted by Crippen LogP contribution is -2.27. The lowest BCUT2D eigenvalue weighted by molar-refractivity contribution is 0.0782. The van der Waals surface area contributed by atoms with Crippen LogP contribution in [0.5, 0.6) is 5.75 Å². The second kappa shape index (κ2) is 8.46. The molecular formula is C20H19Cl2N3O2. The van der Waals surface area contributed by atoms with Crippen LogP contribution in [-0.4, -0.2) is 27.6 Å². The van der Waals surface area contributed by atoms with Gasteiger partial charge in [0.25, 0.3) is 5.91 Å². The van der Waals surface area contributed by atoms with Crippen molar-refractivity contribution in [3.05, 3.63) is 81.6 Å². The maximum Gasteiger partial charge on any atom is 0.253 e. The summed E-state index contributed by atoms with van der Waals surface area (Å²) in [5.41, 5.74) is 2.35. The lowest BCUT2D eigenvalue weighted by atomic mass is 10.1. The molecule has 0 aliphatic carbocycles. The summed E-state index contributed by atoms with van der Waals surface area (Å²) < 4.78 is 7.38. The number of carbonyl (C=O) groups excluding carboxylic acids is 1. The third-order valence-corrected chi connectivity index (χ3v) is 4.70. The number of benzene rings is 2. The first-order chi connectivity index (χ1) is 12.9. The molecule has 0 aliphatic heterocycles. The summed E-state index contributed by atoms with van der Waals surface area (Å²) in [4.78, 5) is 14.2. The number of ether oxygens (including phenoxy) is 1. The van der Waals surface area contributed by atoms with Gasteiger partial charge >= 0.3 is 0 Å². The monoisotopic (exact) mass is 403 g/mol. The largest absolute Gasteiger partial charge is 0.489 e. The van der Waals surface area contributed by atoms with E-state index in [4.69, 9.17) is 27.9 Å². The number of aryl methyl sites for hydroxylation is 1. The van der Waals surface area contributed by atoms with Crippen LogP contribution in [0.3, 0.4) is 0 Å². The van der Waals surface area contributed by atoms with Gasteiger partial charge in [0, 0.05) is 24.7 Å². The first-order valence-corrected chi connectivity index (χ1v) is 9.09. The zero-order valence-electron chi connectivity index (χ0n) is 15.0. The van der Waals surface area contributed by atoms with E-state index in [2.05, 4.69) is 5.10 Å². The van der Waals surface area contributed by atoms with E-state index in [9.17, 15) is 4.79 Å². The number of hydrogen-bond acceptors (Lipinski definition) is 3. The van der Waals surface area contributed by atoms with Gasteiger partial charge in [-0.2, -0.15) is 5.10 Å². The van der Waals surface area contributed by atoms with Crippen molar-refractivity contribution in [2.45, 2.75) is 13.2 Å². The van der Waals surface area contributed by atoms with Gasteiger partial charge in [0.1, 0.15) is 12.4 Å². The van der Waals surface area contributed by atoms with Gasteiger partial charge in [-0.05, 0) is 35.9 Å². The Morgan fingerprint density at radius 2 is 1.93 bits per heavy atom. The molecule has 0 radical (unpaired) electrons. The minimum Gasteiger partial charge on any atom is -0.489 e. The molecule has 0 atom stereocenters. The van der Waals surface area contributed by atoms with Crippen molar-refractivity contribution in [3.63, 3.8) is 0 Å². The summed E-state index contributed by atoms with van der Waals surface area (Å²) in [6.07, 6.45) is 1.57. The molecule has 0 aliphatic rings. The average Bonchev–Trinajstić information content (AvgIpc) is 2.98. The van der Waals surface area contributed by atoms with Gasteiger partial charge in [0.15, 0.2) is 0 Å². The molecule has 3 aromatic rings. The third-order valence-electron chi connectivity index (χ3n) is 4.15. The van der Waals surface area contributed by atoms with Crippen molar-refractivity contribution in [2.24, 2.45) is 7.05 Å². The van der Waals surface area contributed by atoms with E-state index in [-0.39, 0.29) is 5.91 Å². The molecule has 1 heterocycles. The van der Waals surface area contributed by atoms with Crippen LogP contribution < -0.4 is 4.74 Å². The second-order valence-electron chi connectivity index (χ2n) is 6.17. The number of hydrogen-bond donors (Lipinski definition) is 0. The van der Waals surface area contributed by atoms with E-state index in [0.29, 0.717) is 34.5 Å². The van der Waals surface area contributed by atoms with Crippen LogP contribution in [-0.2, 0) is 20.2 Å². The van der Waals surface area contributed by atoms with Gasteiger partial charge in [-0.15, -0.1) is 0 Å². The lowest BCUT2D eigenvalue weighted by Gasteiger charge is -2.18. The molecule has 2 aromatic carbocycles. The molecule has 0 spiro atoms. The summed E-state index contributed by atoms with van der Waals surface area (Å²) in [5.74, 6) is 0.616. The molecule has 0 N–H and O–H groups in total. The van der Waals surface area contributed by atoms with Crippen LogP contribution in [0.25, 0.3) is 0 Å². The Labute approximate surface area is 168 Å². The highest BCUT2D eigenvalue weighted by molar-refractivity contribution is 6.31. The zero-order valence-corrected chi connectivity index (χ0v) is 16.5. The molecule has 27 heavy (non-hydrogen) atoms. The number of carbonyl (C=O) groups is 1. The van der Waals surface area contributed by atoms with Gasteiger partial charge in [0.2, 0.25) is 0 Å². The van der Waals surface area contributed by atoms with Crippen LogP contribution in [0.15, 0.2) is 54.7 Å². The number of nitrogens with zero attached hydrogens (tertiary/aromatic N) is 3. The van der Waals surface area contributed by atoms with Crippen LogP contribution in [0, 0.1) is 0 Å². The smallest absolute Gasteiger partial charge is 0.253 e. The van der Waals surface area contributed by atoms with Crippen LogP contribution in [0.4, 0.5) is 0 Å². The molecule has 0 saturated heterocycles. The molecule has 0 unspecified atom stereocenters. The minimum absolute atomic E-state index is 0.0884. The highest BCUT2D eigenvalue weighted by Gasteiger charge is 2.15. The predicted molar refractivity (Wildman–Crippen MR) is 106 cm³/mol. The maximum atomic E-state index is 12.6. The standard InChI is InChI=1S/C20H19Cl2N3O2/c1-24(12-19-18(22)11-23-25(19)2)20(26)15-8-6-14(7-9-15)13-27-17-5-3-4-16(21)10-17/h3-11H,12-13H2,1-2H3. The summed E-state index contributed by atoms with van der Waals surface area (Å²) in [6.45, 7) is 0.781. The van der Waals surface area contributed by atoms with Gasteiger partial charge in [-0.1, -0.05) is 41.4 Å². The van der Waals surface area contributed by atoms with Crippen molar-refractivity contribution in [1.82, 2.24) is 14.7 Å². The minimum atomic E-state index is -0.0884. The highest BCUT2D eigenvalue weighted by atomic mass is 35.5. The fourth-order valence-electron chi connectivity index (χ4n) is 2.60. The molecule has 5 nitrogen and oxygen atoms in total. The summed E-state index contributed by atoms with van der Waals surface area (Å²) >= 11 is 12.1. The normalized spacial score (nSPS) is 10.7. The molecule has 0 bridgehead atoms. The van der Waals surface area contributed by atoms with Gasteiger partial charge in [-0.3, -0.25) is 9.48 Å². The molecular weight excluding hydrogens is 385 g/mol. The van der Waals surface area contributed by atoms with E-state index in [1.807, 2.05) is 24.3 Å².